The summed E-state index contributed by atoms with van der Waals surface area (Å²) in [5, 5.41) is 28.0. The maximum absolute atomic E-state index is 11.1. The molecule has 1 aliphatic heterocycles. The van der Waals surface area contributed by atoms with Gasteiger partial charge in [0.2, 0.25) is 11.8 Å². The molecule has 3 atom stereocenters. The summed E-state index contributed by atoms with van der Waals surface area (Å²) in [6.07, 6.45) is 0.414. The minimum absolute atomic E-state index is 0.0421. The third-order valence-electron chi connectivity index (χ3n) is 8.41. The second kappa shape index (κ2) is 12.8. The van der Waals surface area contributed by atoms with Crippen molar-refractivity contribution in [2.45, 2.75) is 44.9 Å². The van der Waals surface area contributed by atoms with E-state index in [0.717, 1.165) is 41.9 Å². The van der Waals surface area contributed by atoms with Crippen molar-refractivity contribution in [3.05, 3.63) is 137 Å². The number of carboxylic acid groups (broad SMARTS) is 1. The van der Waals surface area contributed by atoms with Gasteiger partial charge in [0.05, 0.1) is 18.0 Å². The fourth-order valence-corrected chi connectivity index (χ4v) is 6.08. The minimum Gasteiger partial charge on any atom is -0.508 e. The summed E-state index contributed by atoms with van der Waals surface area (Å²) in [5.74, 6) is 0.185. The highest BCUT2D eigenvalue weighted by atomic mass is 16.4. The zero-order valence-electron chi connectivity index (χ0n) is 24.9. The molecule has 2 N–H and O–H groups in total. The number of aromatic carboxylic acids is 1. The third-order valence-corrected chi connectivity index (χ3v) is 8.41. The molecule has 6 rings (SSSR count). The van der Waals surface area contributed by atoms with Gasteiger partial charge in [-0.3, -0.25) is 9.80 Å². The number of carboxylic acids is 1. The van der Waals surface area contributed by atoms with Gasteiger partial charge in [-0.1, -0.05) is 66.7 Å². The van der Waals surface area contributed by atoms with Crippen molar-refractivity contribution in [2.75, 3.05) is 13.1 Å². The fraction of sp³-hybridized carbons (Fsp3) is 0.250. The van der Waals surface area contributed by atoms with E-state index in [1.807, 2.05) is 24.3 Å². The summed E-state index contributed by atoms with van der Waals surface area (Å²) in [7, 11) is 0. The summed E-state index contributed by atoms with van der Waals surface area (Å²) in [6, 6.07) is 33.6. The lowest BCUT2D eigenvalue weighted by Gasteiger charge is -2.47. The predicted octanol–water partition coefficient (Wildman–Crippen LogP) is 6.42. The van der Waals surface area contributed by atoms with Gasteiger partial charge in [0.15, 0.2) is 0 Å². The first-order valence-electron chi connectivity index (χ1n) is 14.9. The Bertz CT molecular complexity index is 1700. The van der Waals surface area contributed by atoms with E-state index in [4.69, 9.17) is 9.52 Å². The lowest BCUT2D eigenvalue weighted by molar-refractivity contribution is 0.0195. The van der Waals surface area contributed by atoms with E-state index in [1.54, 1.807) is 30.3 Å². The first-order valence-corrected chi connectivity index (χ1v) is 14.9. The molecule has 4 aromatic carbocycles. The van der Waals surface area contributed by atoms with E-state index < -0.39 is 5.97 Å². The molecule has 44 heavy (non-hydrogen) atoms. The number of aromatic nitrogens is 2. The highest BCUT2D eigenvalue weighted by Crippen LogP contribution is 2.35. The van der Waals surface area contributed by atoms with Crippen LogP contribution in [0.25, 0.3) is 11.5 Å². The van der Waals surface area contributed by atoms with Crippen molar-refractivity contribution in [3.8, 4) is 17.2 Å². The lowest BCUT2D eigenvalue weighted by Crippen LogP contribution is -2.56. The molecular formula is C36H36N4O4. The van der Waals surface area contributed by atoms with E-state index in [-0.39, 0.29) is 23.4 Å². The summed E-state index contributed by atoms with van der Waals surface area (Å²) in [5.41, 5.74) is 5.43. The predicted molar refractivity (Wildman–Crippen MR) is 168 cm³/mol. The normalized spacial score (nSPS) is 18.2. The van der Waals surface area contributed by atoms with E-state index >= 15 is 0 Å². The van der Waals surface area contributed by atoms with E-state index in [9.17, 15) is 9.90 Å². The Balaban J connectivity index is 1.22. The third kappa shape index (κ3) is 6.56. The van der Waals surface area contributed by atoms with Gasteiger partial charge < -0.3 is 14.6 Å². The quantitative estimate of drug-likeness (QED) is 0.204. The molecule has 0 bridgehead atoms. The minimum atomic E-state index is -0.958. The van der Waals surface area contributed by atoms with Crippen molar-refractivity contribution in [1.82, 2.24) is 20.0 Å². The van der Waals surface area contributed by atoms with Crippen molar-refractivity contribution in [1.29, 1.82) is 0 Å². The van der Waals surface area contributed by atoms with Crippen LogP contribution in [0.2, 0.25) is 0 Å². The van der Waals surface area contributed by atoms with Crippen LogP contribution in [-0.4, -0.2) is 61.4 Å². The number of hydrogen-bond acceptors (Lipinski definition) is 7. The Kier molecular flexibility index (Phi) is 8.54. The molecule has 0 saturated carbocycles. The van der Waals surface area contributed by atoms with Gasteiger partial charge in [-0.25, -0.2) is 4.79 Å². The van der Waals surface area contributed by atoms with Gasteiger partial charge in [-0.2, -0.15) is 0 Å². The Morgan fingerprint density at radius 3 is 2.30 bits per heavy atom. The highest BCUT2D eigenvalue weighted by molar-refractivity contribution is 5.87. The Hall–Kier alpha value is -4.79. The maximum atomic E-state index is 11.1. The molecule has 8 heteroatoms. The van der Waals surface area contributed by atoms with Crippen LogP contribution in [0.4, 0.5) is 0 Å². The van der Waals surface area contributed by atoms with Crippen LogP contribution in [0.3, 0.4) is 0 Å². The first kappa shape index (κ1) is 29.3. The molecule has 0 spiro atoms. The number of piperazine rings is 1. The summed E-state index contributed by atoms with van der Waals surface area (Å²) in [6.45, 7) is 7.32. The van der Waals surface area contributed by atoms with Crippen LogP contribution in [0.15, 0.2) is 108 Å². The van der Waals surface area contributed by atoms with Crippen LogP contribution in [-0.2, 0) is 13.0 Å². The van der Waals surface area contributed by atoms with Gasteiger partial charge in [0.25, 0.3) is 0 Å². The molecule has 5 aromatic rings. The highest BCUT2D eigenvalue weighted by Gasteiger charge is 2.35. The Labute approximate surface area is 257 Å². The molecule has 0 radical (unpaired) electrons. The number of nitrogens with zero attached hydrogens (tertiary/aromatic N) is 4. The molecule has 0 amide bonds. The van der Waals surface area contributed by atoms with Crippen LogP contribution < -0.4 is 0 Å². The van der Waals surface area contributed by atoms with Crippen molar-refractivity contribution in [3.63, 3.8) is 0 Å². The molecule has 1 aromatic heterocycles. The number of benzene rings is 4. The molecule has 1 fully saturated rings. The second-order valence-corrected chi connectivity index (χ2v) is 11.6. The molecule has 2 heterocycles. The number of hydrogen-bond donors (Lipinski definition) is 2. The van der Waals surface area contributed by atoms with Crippen LogP contribution in [0, 0.1) is 0 Å². The first-order chi connectivity index (χ1) is 21.3. The molecule has 0 aliphatic carbocycles. The van der Waals surface area contributed by atoms with Crippen molar-refractivity contribution >= 4 is 5.97 Å². The molecular weight excluding hydrogens is 552 g/mol. The number of carbonyl (C=O) groups is 1. The van der Waals surface area contributed by atoms with Gasteiger partial charge in [-0.15, -0.1) is 10.2 Å². The average Bonchev–Trinajstić information content (AvgIpc) is 3.49. The largest absolute Gasteiger partial charge is 0.508 e. The van der Waals surface area contributed by atoms with Crippen molar-refractivity contribution in [2.24, 2.45) is 0 Å². The lowest BCUT2D eigenvalue weighted by atomic mass is 9.92. The van der Waals surface area contributed by atoms with Gasteiger partial charge in [0.1, 0.15) is 5.75 Å². The topological polar surface area (TPSA) is 103 Å². The number of phenolic OH excluding ortho intramolecular Hbond substituents is 1. The zero-order valence-corrected chi connectivity index (χ0v) is 24.9. The summed E-state index contributed by atoms with van der Waals surface area (Å²) in [4.78, 5) is 16.2. The smallest absolute Gasteiger partial charge is 0.335 e. The van der Waals surface area contributed by atoms with E-state index in [2.05, 4.69) is 82.4 Å². The molecule has 1 saturated heterocycles. The number of aromatic hydroxyl groups is 1. The average molecular weight is 589 g/mol. The van der Waals surface area contributed by atoms with Gasteiger partial charge in [0, 0.05) is 37.3 Å². The SMILES string of the molecule is C[C@@H]1CN([C@H](c2ccc(-c3nnc(Cc4ccc(C(=O)O)cc4)o3)cc2)c2cccc(O)c2)[C@@H](C)CN1Cc1ccccc1. The number of rotatable bonds is 9. The van der Waals surface area contributed by atoms with E-state index in [1.165, 1.54) is 5.56 Å². The molecule has 0 unspecified atom stereocenters. The number of phenols is 1. The van der Waals surface area contributed by atoms with Crippen LogP contribution in [0.1, 0.15) is 58.4 Å². The summed E-state index contributed by atoms with van der Waals surface area (Å²) >= 11 is 0. The Morgan fingerprint density at radius 2 is 1.59 bits per heavy atom. The molecule has 8 nitrogen and oxygen atoms in total. The van der Waals surface area contributed by atoms with Crippen molar-refractivity contribution < 1.29 is 19.4 Å². The molecule has 224 valence electrons. The second-order valence-electron chi connectivity index (χ2n) is 11.6. The molecule has 1 aliphatic rings. The standard InChI is InChI=1S/C36H36N4O4/c1-24-22-40(25(2)21-39(24)23-27-7-4-3-5-8-27)34(31-9-6-10-32(41)20-31)28-15-17-29(18-16-28)35-38-37-33(44-35)19-26-11-13-30(14-12-26)36(42)43/h3-18,20,24-25,34,41H,19,21-23H2,1-2H3,(H,42,43)/t24-,25+,34-/m1/s1. The monoisotopic (exact) mass is 588 g/mol. The van der Waals surface area contributed by atoms with Gasteiger partial charge in [-0.05, 0) is 72.5 Å². The fourth-order valence-electron chi connectivity index (χ4n) is 6.08. The van der Waals surface area contributed by atoms with E-state index in [0.29, 0.717) is 24.2 Å². The Morgan fingerprint density at radius 1 is 0.841 bits per heavy atom. The maximum Gasteiger partial charge on any atom is 0.335 e. The zero-order chi connectivity index (χ0) is 30.6. The van der Waals surface area contributed by atoms with Gasteiger partial charge >= 0.3 is 5.97 Å². The summed E-state index contributed by atoms with van der Waals surface area (Å²) < 4.78 is 5.97. The van der Waals surface area contributed by atoms with Crippen LogP contribution in [0.5, 0.6) is 5.75 Å². The van der Waals surface area contributed by atoms with Crippen LogP contribution >= 0.6 is 0 Å².